The van der Waals surface area contributed by atoms with Gasteiger partial charge >= 0.3 is 6.09 Å². The molecule has 5 nitrogen and oxygen atoms in total. The monoisotopic (exact) mass is 299 g/mol. The van der Waals surface area contributed by atoms with Crippen molar-refractivity contribution >= 4 is 6.09 Å². The third kappa shape index (κ3) is 2.83. The third-order valence-corrected chi connectivity index (χ3v) is 3.71. The first kappa shape index (κ1) is 14.3. The second-order valence-corrected chi connectivity index (χ2v) is 5.15. The van der Waals surface area contributed by atoms with Gasteiger partial charge in [0.25, 0.3) is 0 Å². The summed E-state index contributed by atoms with van der Waals surface area (Å²) in [4.78, 5) is 10.6. The van der Waals surface area contributed by atoms with Gasteiger partial charge in [0.15, 0.2) is 0 Å². The predicted molar refractivity (Wildman–Crippen MR) is 82.6 cm³/mol. The Kier molecular flexibility index (Phi) is 3.87. The highest BCUT2D eigenvalue weighted by atomic mass is 16.5. The normalized spacial score (nSPS) is 15.8. The first-order chi connectivity index (χ1) is 10.7. The van der Waals surface area contributed by atoms with Crippen molar-refractivity contribution in [3.63, 3.8) is 0 Å². The molecule has 2 aromatic rings. The van der Waals surface area contributed by atoms with E-state index in [1.54, 1.807) is 7.11 Å². The number of carbonyl (C=O) groups is 1. The largest absolute Gasteiger partial charge is 0.497 e. The Morgan fingerprint density at radius 1 is 1.32 bits per heavy atom. The lowest BCUT2D eigenvalue weighted by atomic mass is 10.0. The van der Waals surface area contributed by atoms with Gasteiger partial charge in [-0.05, 0) is 23.3 Å². The van der Waals surface area contributed by atoms with Gasteiger partial charge in [0.05, 0.1) is 13.7 Å². The maximum Gasteiger partial charge on any atom is 0.404 e. The summed E-state index contributed by atoms with van der Waals surface area (Å²) in [6.07, 6.45) is -0.486. The molecule has 0 saturated heterocycles. The summed E-state index contributed by atoms with van der Waals surface area (Å²) in [5.41, 5.74) is 3.16. The molecule has 1 amide bonds. The second-order valence-electron chi connectivity index (χ2n) is 5.15. The first-order valence-corrected chi connectivity index (χ1v) is 7.07. The molecule has 0 bridgehead atoms. The highest BCUT2D eigenvalue weighted by molar-refractivity contribution is 5.73. The van der Waals surface area contributed by atoms with E-state index in [9.17, 15) is 4.79 Å². The fourth-order valence-corrected chi connectivity index (χ4v) is 2.65. The average molecular weight is 299 g/mol. The van der Waals surface area contributed by atoms with E-state index in [4.69, 9.17) is 14.6 Å². The van der Waals surface area contributed by atoms with Crippen LogP contribution in [0.25, 0.3) is 11.1 Å². The molecular formula is C17H17NO4. The number of amides is 1. The summed E-state index contributed by atoms with van der Waals surface area (Å²) < 4.78 is 11.1. The molecule has 1 heterocycles. The van der Waals surface area contributed by atoms with Crippen LogP contribution in [0, 0.1) is 0 Å². The highest BCUT2D eigenvalue weighted by Crippen LogP contribution is 2.39. The van der Waals surface area contributed by atoms with Gasteiger partial charge in [-0.15, -0.1) is 0 Å². The van der Waals surface area contributed by atoms with Crippen LogP contribution in [0.2, 0.25) is 0 Å². The topological polar surface area (TPSA) is 67.8 Å². The number of benzene rings is 2. The molecule has 1 aliphatic heterocycles. The fourth-order valence-electron chi connectivity index (χ4n) is 2.65. The van der Waals surface area contributed by atoms with E-state index < -0.39 is 6.09 Å². The number of carboxylic acid groups (broad SMARTS) is 1. The zero-order valence-corrected chi connectivity index (χ0v) is 12.2. The van der Waals surface area contributed by atoms with Gasteiger partial charge < -0.3 is 19.9 Å². The van der Waals surface area contributed by atoms with Crippen molar-refractivity contribution in [1.82, 2.24) is 5.32 Å². The van der Waals surface area contributed by atoms with Crippen LogP contribution in [0.4, 0.5) is 4.79 Å². The Morgan fingerprint density at radius 3 is 2.77 bits per heavy atom. The predicted octanol–water partition coefficient (Wildman–Crippen LogP) is 2.93. The lowest BCUT2D eigenvalue weighted by Gasteiger charge is -2.12. The zero-order valence-electron chi connectivity index (χ0n) is 12.2. The van der Waals surface area contributed by atoms with E-state index in [2.05, 4.69) is 5.32 Å². The van der Waals surface area contributed by atoms with E-state index in [-0.39, 0.29) is 12.6 Å². The Bertz CT molecular complexity index is 682. The van der Waals surface area contributed by atoms with Gasteiger partial charge in [-0.25, -0.2) is 4.79 Å². The summed E-state index contributed by atoms with van der Waals surface area (Å²) >= 11 is 0. The van der Waals surface area contributed by atoms with Crippen LogP contribution in [-0.4, -0.2) is 31.0 Å². The van der Waals surface area contributed by atoms with Crippen molar-refractivity contribution in [1.29, 1.82) is 0 Å². The van der Waals surface area contributed by atoms with Crippen LogP contribution in [-0.2, 0) is 6.42 Å². The third-order valence-electron chi connectivity index (χ3n) is 3.71. The number of nitrogens with one attached hydrogen (secondary N) is 1. The molecule has 0 aliphatic carbocycles. The van der Waals surface area contributed by atoms with Crippen LogP contribution in [0.1, 0.15) is 5.56 Å². The average Bonchev–Trinajstić information content (AvgIpc) is 2.96. The van der Waals surface area contributed by atoms with E-state index in [0.29, 0.717) is 6.42 Å². The Balaban J connectivity index is 1.84. The molecule has 1 aliphatic rings. The molecule has 1 atom stereocenters. The molecule has 2 N–H and O–H groups in total. The van der Waals surface area contributed by atoms with Crippen LogP contribution >= 0.6 is 0 Å². The number of para-hydroxylation sites is 1. The van der Waals surface area contributed by atoms with Gasteiger partial charge in [-0.1, -0.05) is 30.3 Å². The van der Waals surface area contributed by atoms with Crippen LogP contribution in [0.5, 0.6) is 11.5 Å². The first-order valence-electron chi connectivity index (χ1n) is 7.07. The van der Waals surface area contributed by atoms with E-state index >= 15 is 0 Å². The molecule has 1 unspecified atom stereocenters. The molecule has 22 heavy (non-hydrogen) atoms. The SMILES string of the molecule is COc1ccc(-c2cccc3c2OC(CNC(=O)O)C3)cc1. The number of hydrogen-bond donors (Lipinski definition) is 2. The number of hydrogen-bond acceptors (Lipinski definition) is 3. The summed E-state index contributed by atoms with van der Waals surface area (Å²) in [5, 5.41) is 11.1. The minimum atomic E-state index is -1.03. The lowest BCUT2D eigenvalue weighted by Crippen LogP contribution is -2.33. The summed E-state index contributed by atoms with van der Waals surface area (Å²) in [6.45, 7) is 0.284. The standard InChI is InChI=1S/C17H17NO4/c1-21-13-7-5-11(6-8-13)15-4-2-3-12-9-14(22-16(12)15)10-18-17(19)20/h2-8,14,18H,9-10H2,1H3,(H,19,20). The number of ether oxygens (including phenoxy) is 2. The molecule has 0 saturated carbocycles. The smallest absolute Gasteiger partial charge is 0.404 e. The zero-order chi connectivity index (χ0) is 15.5. The molecule has 114 valence electrons. The molecule has 0 fully saturated rings. The van der Waals surface area contributed by atoms with Gasteiger partial charge in [0.1, 0.15) is 17.6 Å². The van der Waals surface area contributed by atoms with Gasteiger partial charge in [-0.2, -0.15) is 0 Å². The van der Waals surface area contributed by atoms with E-state index in [1.165, 1.54) is 0 Å². The Morgan fingerprint density at radius 2 is 2.09 bits per heavy atom. The fraction of sp³-hybridized carbons (Fsp3) is 0.235. The van der Waals surface area contributed by atoms with Crippen molar-refractivity contribution < 1.29 is 19.4 Å². The number of rotatable bonds is 4. The minimum Gasteiger partial charge on any atom is -0.497 e. The molecule has 2 aromatic carbocycles. The maximum atomic E-state index is 10.6. The second kappa shape index (κ2) is 5.97. The molecular weight excluding hydrogens is 282 g/mol. The van der Waals surface area contributed by atoms with Crippen molar-refractivity contribution in [2.24, 2.45) is 0 Å². The highest BCUT2D eigenvalue weighted by Gasteiger charge is 2.25. The lowest BCUT2D eigenvalue weighted by molar-refractivity contribution is 0.181. The summed E-state index contributed by atoms with van der Waals surface area (Å²) in [5.74, 6) is 1.64. The summed E-state index contributed by atoms with van der Waals surface area (Å²) in [7, 11) is 1.64. The summed E-state index contributed by atoms with van der Waals surface area (Å²) in [6, 6.07) is 13.8. The molecule has 0 spiro atoms. The number of fused-ring (bicyclic) bond motifs is 1. The van der Waals surface area contributed by atoms with Gasteiger partial charge in [0.2, 0.25) is 0 Å². The molecule has 0 aromatic heterocycles. The minimum absolute atomic E-state index is 0.162. The van der Waals surface area contributed by atoms with Crippen LogP contribution in [0.15, 0.2) is 42.5 Å². The quantitative estimate of drug-likeness (QED) is 0.911. The van der Waals surface area contributed by atoms with Crippen molar-refractivity contribution in [3.8, 4) is 22.6 Å². The van der Waals surface area contributed by atoms with Crippen molar-refractivity contribution in [2.75, 3.05) is 13.7 Å². The van der Waals surface area contributed by atoms with Crippen LogP contribution in [0.3, 0.4) is 0 Å². The molecule has 3 rings (SSSR count). The van der Waals surface area contributed by atoms with E-state index in [1.807, 2.05) is 42.5 Å². The Labute approximate surface area is 128 Å². The van der Waals surface area contributed by atoms with Crippen LogP contribution < -0.4 is 14.8 Å². The Hall–Kier alpha value is -2.69. The molecule has 5 heteroatoms. The number of methoxy groups -OCH3 is 1. The van der Waals surface area contributed by atoms with Gasteiger partial charge in [0, 0.05) is 12.0 Å². The van der Waals surface area contributed by atoms with Gasteiger partial charge in [-0.3, -0.25) is 0 Å². The van der Waals surface area contributed by atoms with E-state index in [0.717, 1.165) is 28.2 Å². The van der Waals surface area contributed by atoms with Crippen molar-refractivity contribution in [3.05, 3.63) is 48.0 Å². The molecule has 0 radical (unpaired) electrons. The van der Waals surface area contributed by atoms with Crippen molar-refractivity contribution in [2.45, 2.75) is 12.5 Å². The maximum absolute atomic E-state index is 10.6.